The molecule has 12 heteroatoms. The van der Waals surface area contributed by atoms with Crippen molar-refractivity contribution in [2.75, 3.05) is 92.9 Å². The van der Waals surface area contributed by atoms with Gasteiger partial charge in [-0.25, -0.2) is 0 Å². The lowest BCUT2D eigenvalue weighted by Crippen LogP contribution is -2.44. The van der Waals surface area contributed by atoms with Crippen molar-refractivity contribution >= 4 is 23.6 Å². The summed E-state index contributed by atoms with van der Waals surface area (Å²) in [6.07, 6.45) is 7.84. The summed E-state index contributed by atoms with van der Waals surface area (Å²) in [6, 6.07) is 10.3. The minimum atomic E-state index is 0.0724. The molecule has 0 spiro atoms. The smallest absolute Gasteiger partial charge is 0.161 e. The van der Waals surface area contributed by atoms with E-state index in [4.69, 9.17) is 19.1 Å². The number of phenolic OH excluding ortho intramolecular Hbond substituents is 2. The first-order valence-electron chi connectivity index (χ1n) is 15.4. The van der Waals surface area contributed by atoms with Gasteiger partial charge >= 0.3 is 0 Å². The van der Waals surface area contributed by atoms with Crippen molar-refractivity contribution < 1.29 is 29.4 Å². The van der Waals surface area contributed by atoms with E-state index >= 15 is 0 Å². The average molecular weight is 623 g/mol. The number of nitrogens with zero attached hydrogens (tertiary/aromatic N) is 4. The van der Waals surface area contributed by atoms with Gasteiger partial charge < -0.3 is 40.0 Å². The van der Waals surface area contributed by atoms with Crippen LogP contribution < -0.4 is 20.1 Å². The lowest BCUT2D eigenvalue weighted by molar-refractivity contribution is 0.104. The van der Waals surface area contributed by atoms with E-state index in [1.807, 2.05) is 24.3 Å². The summed E-state index contributed by atoms with van der Waals surface area (Å²) in [4.78, 5) is 16.3. The lowest BCUT2D eigenvalue weighted by Gasteiger charge is -2.26. The number of hydrogen-bond donors (Lipinski definition) is 4. The Hall–Kier alpha value is -4.10. The number of methoxy groups -OCH3 is 2. The average Bonchev–Trinajstić information content (AvgIpc) is 3.08. The molecule has 0 bridgehead atoms. The molecule has 4 N–H and O–H groups in total. The Morgan fingerprint density at radius 2 is 1.13 bits per heavy atom. The van der Waals surface area contributed by atoms with Gasteiger partial charge in [-0.3, -0.25) is 9.80 Å². The minimum absolute atomic E-state index is 0.0724. The number of hydrogen-bond acceptors (Lipinski definition) is 12. The first kappa shape index (κ1) is 33.8. The Labute approximate surface area is 265 Å². The third kappa shape index (κ3) is 11.7. The Kier molecular flexibility index (Phi) is 14.0. The van der Waals surface area contributed by atoms with Crippen molar-refractivity contribution in [3.8, 4) is 23.0 Å². The predicted octanol–water partition coefficient (Wildman–Crippen LogP) is 2.79. The molecule has 45 heavy (non-hydrogen) atoms. The molecule has 2 aliphatic heterocycles. The molecule has 2 fully saturated rings. The van der Waals surface area contributed by atoms with Crippen LogP contribution in [-0.4, -0.2) is 124 Å². The van der Waals surface area contributed by atoms with Crippen molar-refractivity contribution in [1.82, 2.24) is 20.4 Å². The number of oxime groups is 2. The van der Waals surface area contributed by atoms with E-state index in [-0.39, 0.29) is 11.5 Å². The first-order valence-corrected chi connectivity index (χ1v) is 15.4. The number of aromatic hydroxyl groups is 2. The van der Waals surface area contributed by atoms with Crippen molar-refractivity contribution in [3.63, 3.8) is 0 Å². The molecule has 0 aliphatic carbocycles. The van der Waals surface area contributed by atoms with Crippen LogP contribution >= 0.6 is 0 Å². The maximum absolute atomic E-state index is 10.0. The molecule has 2 aromatic rings. The second-order valence-electron chi connectivity index (χ2n) is 10.7. The molecule has 0 radical (unpaired) electrons. The van der Waals surface area contributed by atoms with Crippen LogP contribution in [0.2, 0.25) is 0 Å². The number of phenols is 2. The van der Waals surface area contributed by atoms with Crippen LogP contribution in [0, 0.1) is 0 Å². The predicted molar refractivity (Wildman–Crippen MR) is 177 cm³/mol. The molecule has 0 atom stereocenters. The van der Waals surface area contributed by atoms with E-state index in [0.717, 1.165) is 76.6 Å². The minimum Gasteiger partial charge on any atom is -0.504 e. The highest BCUT2D eigenvalue weighted by atomic mass is 16.6. The summed E-state index contributed by atoms with van der Waals surface area (Å²) in [5.74, 6) is 0.914. The van der Waals surface area contributed by atoms with Crippen LogP contribution in [0.1, 0.15) is 17.5 Å². The number of rotatable bonds is 16. The normalized spacial score (nSPS) is 17.2. The van der Waals surface area contributed by atoms with Gasteiger partial charge in [0, 0.05) is 71.9 Å². The van der Waals surface area contributed by atoms with Crippen molar-refractivity contribution in [2.24, 2.45) is 10.3 Å². The van der Waals surface area contributed by atoms with Gasteiger partial charge in [0.1, 0.15) is 13.2 Å². The van der Waals surface area contributed by atoms with Gasteiger partial charge in [0.15, 0.2) is 23.0 Å². The van der Waals surface area contributed by atoms with Crippen LogP contribution in [-0.2, 0) is 9.68 Å². The van der Waals surface area contributed by atoms with E-state index in [1.54, 1.807) is 36.4 Å². The largest absolute Gasteiger partial charge is 0.504 e. The highest BCUT2D eigenvalue weighted by molar-refractivity contribution is 6.15. The van der Waals surface area contributed by atoms with Crippen LogP contribution in [0.3, 0.4) is 0 Å². The van der Waals surface area contributed by atoms with E-state index in [0.29, 0.717) is 42.6 Å². The summed E-state index contributed by atoms with van der Waals surface area (Å²) in [5.41, 5.74) is 2.94. The fraction of sp³-hybridized carbons (Fsp3) is 0.455. The van der Waals surface area contributed by atoms with Crippen molar-refractivity contribution in [2.45, 2.75) is 6.42 Å². The molecule has 0 amide bonds. The molecule has 2 heterocycles. The van der Waals surface area contributed by atoms with Gasteiger partial charge in [-0.2, -0.15) is 0 Å². The molecule has 2 aromatic carbocycles. The quantitative estimate of drug-likeness (QED) is 0.126. The van der Waals surface area contributed by atoms with Crippen LogP contribution in [0.5, 0.6) is 23.0 Å². The number of benzene rings is 2. The zero-order valence-corrected chi connectivity index (χ0v) is 26.3. The lowest BCUT2D eigenvalue weighted by atomic mass is 10.1. The monoisotopic (exact) mass is 622 g/mol. The van der Waals surface area contributed by atoms with Gasteiger partial charge in [0.25, 0.3) is 0 Å². The Morgan fingerprint density at radius 1 is 0.711 bits per heavy atom. The molecule has 244 valence electrons. The Morgan fingerprint density at radius 3 is 1.53 bits per heavy atom. The maximum atomic E-state index is 10.0. The topological polar surface area (TPSA) is 133 Å². The van der Waals surface area contributed by atoms with Crippen molar-refractivity contribution in [1.29, 1.82) is 0 Å². The molecule has 0 saturated carbocycles. The molecule has 12 nitrogen and oxygen atoms in total. The summed E-state index contributed by atoms with van der Waals surface area (Å²) < 4.78 is 10.5. The zero-order valence-electron chi connectivity index (χ0n) is 26.3. The maximum Gasteiger partial charge on any atom is 0.161 e. The number of piperazine rings is 2. The summed E-state index contributed by atoms with van der Waals surface area (Å²) >= 11 is 0. The van der Waals surface area contributed by atoms with Gasteiger partial charge in [0.2, 0.25) is 0 Å². The third-order valence-electron chi connectivity index (χ3n) is 7.49. The molecule has 0 aromatic heterocycles. The Balaban J connectivity index is 1.52. The molecular weight excluding hydrogens is 576 g/mol. The molecule has 2 aliphatic rings. The molecule has 2 saturated heterocycles. The number of nitrogens with one attached hydrogen (secondary N) is 2. The number of allylic oxidation sites excluding steroid dienone is 2. The molecule has 0 unspecified atom stereocenters. The van der Waals surface area contributed by atoms with Crippen molar-refractivity contribution in [3.05, 3.63) is 59.7 Å². The van der Waals surface area contributed by atoms with Gasteiger partial charge in [0.05, 0.1) is 25.6 Å². The van der Waals surface area contributed by atoms with E-state index < -0.39 is 0 Å². The SMILES string of the molecule is COc1cc(/C=C/C(CC(/C=C/c2ccc(O)c(OC)c2)=N/OCCN2CCNCC2)=N\OCCN2CCNCC2)ccc1O. The second kappa shape index (κ2) is 18.6. The van der Waals surface area contributed by atoms with Gasteiger partial charge in [-0.05, 0) is 47.5 Å². The molecule has 4 rings (SSSR count). The van der Waals surface area contributed by atoms with Gasteiger partial charge in [-0.15, -0.1) is 0 Å². The highest BCUT2D eigenvalue weighted by Gasteiger charge is 2.11. The highest BCUT2D eigenvalue weighted by Crippen LogP contribution is 2.27. The summed E-state index contributed by atoms with van der Waals surface area (Å²) in [6.45, 7) is 10.3. The molecular formula is C33H46N6O6. The second-order valence-corrected chi connectivity index (χ2v) is 10.7. The third-order valence-corrected chi connectivity index (χ3v) is 7.49. The van der Waals surface area contributed by atoms with Crippen LogP contribution in [0.4, 0.5) is 0 Å². The zero-order chi connectivity index (χ0) is 31.7. The fourth-order valence-corrected chi connectivity index (χ4v) is 4.88. The van der Waals surface area contributed by atoms with Crippen LogP contribution in [0.15, 0.2) is 58.9 Å². The fourth-order valence-electron chi connectivity index (χ4n) is 4.88. The summed E-state index contributed by atoms with van der Waals surface area (Å²) in [5, 5.41) is 35.7. The standard InChI is InChI=1S/C33H46N6O6/c1-42-32-23-26(5-9-30(32)40)3-7-28(36-44-21-19-38-15-11-34-12-16-38)25-29(37-45-22-20-39-17-13-35-14-18-39)8-4-27-6-10-31(41)33(24-27)43-2/h3-10,23-24,34-35,40-41H,11-22,25H2,1-2H3/b7-3+,8-4+,36-28+,37-29+. The van der Waals surface area contributed by atoms with E-state index in [9.17, 15) is 10.2 Å². The first-order chi connectivity index (χ1) is 22.0. The van der Waals surface area contributed by atoms with E-state index in [1.165, 1.54) is 14.2 Å². The van der Waals surface area contributed by atoms with E-state index in [2.05, 4.69) is 30.7 Å². The van der Waals surface area contributed by atoms with Gasteiger partial charge in [-0.1, -0.05) is 34.6 Å². The Bertz CT molecular complexity index is 1220. The number of ether oxygens (including phenoxy) is 2. The summed E-state index contributed by atoms with van der Waals surface area (Å²) in [7, 11) is 3.03. The van der Waals surface area contributed by atoms with Crippen LogP contribution in [0.25, 0.3) is 12.2 Å².